The summed E-state index contributed by atoms with van der Waals surface area (Å²) in [5.74, 6) is -0.627. The van der Waals surface area contributed by atoms with E-state index >= 15 is 0 Å². The number of ether oxygens (including phenoxy) is 1. The molecule has 2 aromatic heterocycles. The largest absolute Gasteiger partial charge is 0.462 e. The number of hydrogen-bond donors (Lipinski definition) is 1. The Bertz CT molecular complexity index is 1240. The lowest BCUT2D eigenvalue weighted by atomic mass is 10.0. The molecule has 0 bridgehead atoms. The van der Waals surface area contributed by atoms with E-state index in [0.717, 1.165) is 27.6 Å². The average molecular weight is 420 g/mol. The first-order valence-electron chi connectivity index (χ1n) is 9.64. The molecule has 1 N–H and O–H groups in total. The minimum Gasteiger partial charge on any atom is -0.462 e. The van der Waals surface area contributed by atoms with Crippen LogP contribution in [-0.4, -0.2) is 18.5 Å². The molecule has 30 heavy (non-hydrogen) atoms. The Hall–Kier alpha value is -3.38. The lowest BCUT2D eigenvalue weighted by molar-refractivity contribution is 0.0529. The number of fused-ring (bicyclic) bond motifs is 1. The molecule has 4 rings (SSSR count). The minimum atomic E-state index is -0.468. The van der Waals surface area contributed by atoms with Crippen molar-refractivity contribution in [3.05, 3.63) is 76.4 Å². The predicted octanol–water partition coefficient (Wildman–Crippen LogP) is 6.21. The third-order valence-electron chi connectivity index (χ3n) is 4.88. The van der Waals surface area contributed by atoms with Gasteiger partial charge >= 0.3 is 5.97 Å². The molecule has 0 aliphatic rings. The zero-order chi connectivity index (χ0) is 21.3. The van der Waals surface area contributed by atoms with Crippen molar-refractivity contribution >= 4 is 39.2 Å². The van der Waals surface area contributed by atoms with Gasteiger partial charge in [0.2, 0.25) is 0 Å². The molecular formula is C24H21NO4S. The van der Waals surface area contributed by atoms with Gasteiger partial charge in [-0.2, -0.15) is 0 Å². The Morgan fingerprint density at radius 3 is 2.60 bits per heavy atom. The topological polar surface area (TPSA) is 68.5 Å². The number of amides is 1. The van der Waals surface area contributed by atoms with Crippen LogP contribution in [0.4, 0.5) is 5.00 Å². The normalized spacial score (nSPS) is 10.9. The molecule has 0 saturated heterocycles. The van der Waals surface area contributed by atoms with Gasteiger partial charge in [0.1, 0.15) is 16.1 Å². The molecule has 5 nitrogen and oxygen atoms in total. The Balaban J connectivity index is 1.73. The molecule has 0 radical (unpaired) electrons. The van der Waals surface area contributed by atoms with Gasteiger partial charge in [0, 0.05) is 21.9 Å². The van der Waals surface area contributed by atoms with Crippen LogP contribution < -0.4 is 5.32 Å². The van der Waals surface area contributed by atoms with E-state index in [9.17, 15) is 9.59 Å². The number of anilines is 1. The van der Waals surface area contributed by atoms with Gasteiger partial charge in [0.25, 0.3) is 5.91 Å². The van der Waals surface area contributed by atoms with Crippen LogP contribution in [0.5, 0.6) is 0 Å². The van der Waals surface area contributed by atoms with Crippen LogP contribution in [0.15, 0.2) is 58.3 Å². The summed E-state index contributed by atoms with van der Waals surface area (Å²) < 4.78 is 11.1. The summed E-state index contributed by atoms with van der Waals surface area (Å²) in [4.78, 5) is 25.7. The Labute approximate surface area is 178 Å². The van der Waals surface area contributed by atoms with E-state index in [-0.39, 0.29) is 12.4 Å². The summed E-state index contributed by atoms with van der Waals surface area (Å²) in [5, 5.41) is 6.05. The second-order valence-corrected chi connectivity index (χ2v) is 7.83. The molecule has 4 aromatic rings. The second-order valence-electron chi connectivity index (χ2n) is 6.95. The van der Waals surface area contributed by atoms with Gasteiger partial charge in [-0.3, -0.25) is 4.79 Å². The van der Waals surface area contributed by atoms with E-state index in [0.29, 0.717) is 16.1 Å². The SMILES string of the molecule is CCOC(=O)c1c(-c2ccccc2)csc1NC(=O)c1oc2ccc(C)cc2c1C. The van der Waals surface area contributed by atoms with E-state index < -0.39 is 11.9 Å². The van der Waals surface area contributed by atoms with Crippen LogP contribution in [-0.2, 0) is 4.74 Å². The fraction of sp³-hybridized carbons (Fsp3) is 0.167. The lowest BCUT2D eigenvalue weighted by Gasteiger charge is -2.08. The highest BCUT2D eigenvalue weighted by atomic mass is 32.1. The Kier molecular flexibility index (Phi) is 5.42. The monoisotopic (exact) mass is 419 g/mol. The smallest absolute Gasteiger partial charge is 0.341 e. The highest BCUT2D eigenvalue weighted by Gasteiger charge is 2.25. The molecule has 2 aromatic carbocycles. The van der Waals surface area contributed by atoms with Crippen LogP contribution in [0.1, 0.15) is 39.0 Å². The quantitative estimate of drug-likeness (QED) is 0.391. The first kappa shape index (κ1) is 19.9. The van der Waals surface area contributed by atoms with E-state index in [4.69, 9.17) is 9.15 Å². The third-order valence-corrected chi connectivity index (χ3v) is 5.78. The summed E-state index contributed by atoms with van der Waals surface area (Å²) in [7, 11) is 0. The van der Waals surface area contributed by atoms with Gasteiger partial charge in [-0.1, -0.05) is 42.0 Å². The summed E-state index contributed by atoms with van der Waals surface area (Å²) in [6, 6.07) is 15.3. The van der Waals surface area contributed by atoms with Gasteiger partial charge in [0.05, 0.1) is 6.61 Å². The molecule has 2 heterocycles. The molecule has 152 valence electrons. The third kappa shape index (κ3) is 3.62. The van der Waals surface area contributed by atoms with Crippen molar-refractivity contribution in [2.24, 2.45) is 0 Å². The van der Waals surface area contributed by atoms with Crippen molar-refractivity contribution in [2.45, 2.75) is 20.8 Å². The van der Waals surface area contributed by atoms with Crippen molar-refractivity contribution in [2.75, 3.05) is 11.9 Å². The number of rotatable bonds is 5. The van der Waals surface area contributed by atoms with Crippen molar-refractivity contribution in [3.63, 3.8) is 0 Å². The molecule has 0 saturated carbocycles. The molecule has 0 aliphatic heterocycles. The zero-order valence-corrected chi connectivity index (χ0v) is 17.8. The number of thiophene rings is 1. The molecule has 1 amide bonds. The highest BCUT2D eigenvalue weighted by molar-refractivity contribution is 7.15. The van der Waals surface area contributed by atoms with Crippen molar-refractivity contribution in [3.8, 4) is 11.1 Å². The van der Waals surface area contributed by atoms with Crippen LogP contribution in [0.25, 0.3) is 22.1 Å². The molecular weight excluding hydrogens is 398 g/mol. The zero-order valence-electron chi connectivity index (χ0n) is 16.9. The molecule has 0 fully saturated rings. The first-order valence-corrected chi connectivity index (χ1v) is 10.5. The predicted molar refractivity (Wildman–Crippen MR) is 119 cm³/mol. The van der Waals surface area contributed by atoms with Crippen LogP contribution in [0.3, 0.4) is 0 Å². The molecule has 0 spiro atoms. The van der Waals surface area contributed by atoms with Crippen LogP contribution >= 0.6 is 11.3 Å². The van der Waals surface area contributed by atoms with E-state index in [1.54, 1.807) is 6.92 Å². The minimum absolute atomic E-state index is 0.236. The summed E-state index contributed by atoms with van der Waals surface area (Å²) >= 11 is 1.29. The number of carbonyl (C=O) groups excluding carboxylic acids is 2. The number of carbonyl (C=O) groups is 2. The van der Waals surface area contributed by atoms with Gasteiger partial charge in [0.15, 0.2) is 5.76 Å². The summed E-state index contributed by atoms with van der Waals surface area (Å²) in [6.45, 7) is 5.85. The maximum atomic E-state index is 13.0. The molecule has 0 aliphatic carbocycles. The number of esters is 1. The number of aryl methyl sites for hydroxylation is 2. The van der Waals surface area contributed by atoms with Gasteiger partial charge in [-0.15, -0.1) is 11.3 Å². The second kappa shape index (κ2) is 8.16. The van der Waals surface area contributed by atoms with Gasteiger partial charge in [-0.05, 0) is 38.5 Å². The van der Waals surface area contributed by atoms with E-state index in [2.05, 4.69) is 5.32 Å². The van der Waals surface area contributed by atoms with Crippen LogP contribution in [0.2, 0.25) is 0 Å². The number of benzene rings is 2. The Morgan fingerprint density at radius 2 is 1.87 bits per heavy atom. The van der Waals surface area contributed by atoms with Gasteiger partial charge < -0.3 is 14.5 Å². The van der Waals surface area contributed by atoms with Crippen molar-refractivity contribution < 1.29 is 18.7 Å². The Morgan fingerprint density at radius 1 is 1.10 bits per heavy atom. The fourth-order valence-electron chi connectivity index (χ4n) is 3.40. The fourth-order valence-corrected chi connectivity index (χ4v) is 4.35. The standard InChI is InChI=1S/C24H21NO4S/c1-4-28-24(27)20-18(16-8-6-5-7-9-16)13-30-23(20)25-22(26)21-15(3)17-12-14(2)10-11-19(17)29-21/h5-13H,4H2,1-3H3,(H,25,26). The molecule has 0 atom stereocenters. The molecule has 0 unspecified atom stereocenters. The highest BCUT2D eigenvalue weighted by Crippen LogP contribution is 2.37. The van der Waals surface area contributed by atoms with Crippen LogP contribution in [0, 0.1) is 13.8 Å². The lowest BCUT2D eigenvalue weighted by Crippen LogP contribution is -2.15. The van der Waals surface area contributed by atoms with E-state index in [1.807, 2.05) is 67.8 Å². The van der Waals surface area contributed by atoms with Crippen molar-refractivity contribution in [1.82, 2.24) is 0 Å². The number of furan rings is 1. The summed E-state index contributed by atoms with van der Waals surface area (Å²) in [6.07, 6.45) is 0. The van der Waals surface area contributed by atoms with E-state index in [1.165, 1.54) is 11.3 Å². The first-order chi connectivity index (χ1) is 14.5. The maximum absolute atomic E-state index is 13.0. The van der Waals surface area contributed by atoms with Crippen molar-refractivity contribution in [1.29, 1.82) is 0 Å². The van der Waals surface area contributed by atoms with Gasteiger partial charge in [-0.25, -0.2) is 4.79 Å². The number of nitrogens with one attached hydrogen (secondary N) is 1. The maximum Gasteiger partial charge on any atom is 0.341 e. The molecule has 6 heteroatoms. The summed E-state index contributed by atoms with van der Waals surface area (Å²) in [5.41, 5.74) is 4.48. The number of hydrogen-bond acceptors (Lipinski definition) is 5. The average Bonchev–Trinajstić information content (AvgIpc) is 3.30.